The number of aromatic hydroxyl groups is 1. The predicted molar refractivity (Wildman–Crippen MR) is 139 cm³/mol. The normalized spacial score (nSPS) is 25.3. The lowest BCUT2D eigenvalue weighted by molar-refractivity contribution is -0.243. The van der Waals surface area contributed by atoms with E-state index in [1.807, 2.05) is 31.2 Å². The number of aryl methyl sites for hydroxylation is 2. The molecule has 0 radical (unpaired) electrons. The molecule has 1 N–H and O–H groups in total. The van der Waals surface area contributed by atoms with E-state index in [9.17, 15) is 19.5 Å². The Morgan fingerprint density at radius 2 is 1.53 bits per heavy atom. The second kappa shape index (κ2) is 9.97. The zero-order valence-electron chi connectivity index (χ0n) is 22.9. The number of rotatable bonds is 4. The van der Waals surface area contributed by atoms with Gasteiger partial charge in [-0.2, -0.15) is 0 Å². The van der Waals surface area contributed by atoms with E-state index in [0.29, 0.717) is 18.6 Å². The molecule has 1 saturated heterocycles. The van der Waals surface area contributed by atoms with Crippen LogP contribution in [0, 0.1) is 5.92 Å². The van der Waals surface area contributed by atoms with Gasteiger partial charge >= 0.3 is 17.9 Å². The Balaban J connectivity index is 0.000000186. The maximum atomic E-state index is 12.4. The summed E-state index contributed by atoms with van der Waals surface area (Å²) in [4.78, 5) is 36.2. The highest BCUT2D eigenvalue weighted by atomic mass is 16.7. The van der Waals surface area contributed by atoms with E-state index in [0.717, 1.165) is 36.0 Å². The van der Waals surface area contributed by atoms with Crippen LogP contribution in [0.4, 0.5) is 0 Å². The number of esters is 3. The third-order valence-electron chi connectivity index (χ3n) is 8.10. The smallest absolute Gasteiger partial charge is 0.324 e. The summed E-state index contributed by atoms with van der Waals surface area (Å²) < 4.78 is 20.6. The lowest BCUT2D eigenvalue weighted by Crippen LogP contribution is -2.52. The van der Waals surface area contributed by atoms with Crippen molar-refractivity contribution in [3.63, 3.8) is 0 Å². The van der Waals surface area contributed by atoms with Gasteiger partial charge in [-0.25, -0.2) is 0 Å². The van der Waals surface area contributed by atoms with Gasteiger partial charge in [-0.3, -0.25) is 14.4 Å². The fourth-order valence-electron chi connectivity index (χ4n) is 5.96. The number of carbonyl (C=O) groups is 3. The van der Waals surface area contributed by atoms with Crippen molar-refractivity contribution in [2.24, 2.45) is 5.92 Å². The van der Waals surface area contributed by atoms with Gasteiger partial charge in [-0.15, -0.1) is 0 Å². The molecule has 0 aromatic heterocycles. The highest BCUT2D eigenvalue weighted by Crippen LogP contribution is 2.48. The number of carbonyl (C=O) groups excluding carboxylic acids is 3. The number of phenols is 1. The largest absolute Gasteiger partial charge is 0.508 e. The molecule has 1 aliphatic heterocycles. The number of cyclic esters (lactones) is 2. The van der Waals surface area contributed by atoms with Crippen LogP contribution in [0.2, 0.25) is 0 Å². The number of ether oxygens (including phenoxy) is 4. The first-order chi connectivity index (χ1) is 17.8. The lowest BCUT2D eigenvalue weighted by Gasteiger charge is -2.39. The first-order valence-corrected chi connectivity index (χ1v) is 12.8. The van der Waals surface area contributed by atoms with Crippen LogP contribution in [0.15, 0.2) is 36.4 Å². The number of benzene rings is 2. The SMILES string of the molecule is COC(=O)C[C@@]1(C)CCc2ccc(O)cc21.COc1ccc2c(c1)[C@@](C)(C1C(=O)OC(C)(C)OC1=O)CC2. The van der Waals surface area contributed by atoms with E-state index in [-0.39, 0.29) is 17.1 Å². The second-order valence-electron chi connectivity index (χ2n) is 11.3. The molecule has 2 aromatic rings. The van der Waals surface area contributed by atoms with Crippen LogP contribution in [0.3, 0.4) is 0 Å². The van der Waals surface area contributed by atoms with Crippen molar-refractivity contribution in [1.82, 2.24) is 0 Å². The number of methoxy groups -OCH3 is 2. The van der Waals surface area contributed by atoms with Crippen molar-refractivity contribution in [3.8, 4) is 11.5 Å². The molecule has 1 fully saturated rings. The predicted octanol–water partition coefficient (Wildman–Crippen LogP) is 4.51. The summed E-state index contributed by atoms with van der Waals surface area (Å²) >= 11 is 0. The van der Waals surface area contributed by atoms with Crippen LogP contribution in [0.1, 0.15) is 69.2 Å². The third kappa shape index (κ3) is 5.08. The second-order valence-corrected chi connectivity index (χ2v) is 11.3. The maximum absolute atomic E-state index is 12.4. The number of hydrogen-bond donors (Lipinski definition) is 1. The molecular weight excluding hydrogens is 488 g/mol. The van der Waals surface area contributed by atoms with Gasteiger partial charge in [-0.05, 0) is 72.2 Å². The highest BCUT2D eigenvalue weighted by molar-refractivity contribution is 5.98. The van der Waals surface area contributed by atoms with Crippen LogP contribution in [0.25, 0.3) is 0 Å². The number of hydrogen-bond acceptors (Lipinski definition) is 8. The van der Waals surface area contributed by atoms with Crippen LogP contribution >= 0.6 is 0 Å². The third-order valence-corrected chi connectivity index (χ3v) is 8.10. The molecule has 204 valence electrons. The van der Waals surface area contributed by atoms with Crippen LogP contribution in [-0.2, 0) is 52.3 Å². The number of phenolic OH excluding ortho intramolecular Hbond substituents is 1. The van der Waals surface area contributed by atoms with Crippen molar-refractivity contribution in [2.45, 2.75) is 76.4 Å². The van der Waals surface area contributed by atoms with Crippen LogP contribution in [0.5, 0.6) is 11.5 Å². The summed E-state index contributed by atoms with van der Waals surface area (Å²) in [5.41, 5.74) is 3.58. The lowest BCUT2D eigenvalue weighted by atomic mass is 9.72. The minimum absolute atomic E-state index is 0.193. The summed E-state index contributed by atoms with van der Waals surface area (Å²) in [5, 5.41) is 9.50. The standard InChI is InChI=1S/C17H20O5.C13H16O3/c1-16(2)21-14(18)13(15(19)22-16)17(3)8-7-10-5-6-11(20-4)9-12(10)17;1-13(8-12(15)16-2)6-5-9-3-4-10(14)7-11(9)13/h5-6,9,13H,7-8H2,1-4H3;3-4,7,14H,5-6,8H2,1-2H3/t17-;13-/m01/s1. The fourth-order valence-corrected chi connectivity index (χ4v) is 5.96. The Morgan fingerprint density at radius 1 is 0.921 bits per heavy atom. The van der Waals surface area contributed by atoms with Gasteiger partial charge in [0.05, 0.1) is 20.6 Å². The first kappa shape index (κ1) is 27.5. The molecule has 0 saturated carbocycles. The molecule has 2 aromatic carbocycles. The molecule has 2 atom stereocenters. The van der Waals surface area contributed by atoms with Gasteiger partial charge in [-0.1, -0.05) is 26.0 Å². The molecule has 0 spiro atoms. The van der Waals surface area contributed by atoms with E-state index in [1.165, 1.54) is 12.7 Å². The van der Waals surface area contributed by atoms with Crippen molar-refractivity contribution < 1.29 is 38.4 Å². The van der Waals surface area contributed by atoms with Gasteiger partial charge in [0, 0.05) is 24.7 Å². The summed E-state index contributed by atoms with van der Waals surface area (Å²) in [6.07, 6.45) is 3.78. The Hall–Kier alpha value is -3.55. The fraction of sp³-hybridized carbons (Fsp3) is 0.500. The van der Waals surface area contributed by atoms with Crippen molar-refractivity contribution >= 4 is 17.9 Å². The van der Waals surface area contributed by atoms with Crippen molar-refractivity contribution in [1.29, 1.82) is 0 Å². The molecule has 0 amide bonds. The number of fused-ring (bicyclic) bond motifs is 2. The topological polar surface area (TPSA) is 108 Å². The van der Waals surface area contributed by atoms with E-state index < -0.39 is 29.1 Å². The van der Waals surface area contributed by atoms with Crippen LogP contribution < -0.4 is 4.74 Å². The highest BCUT2D eigenvalue weighted by Gasteiger charge is 2.55. The molecule has 2 aliphatic carbocycles. The minimum Gasteiger partial charge on any atom is -0.508 e. The molecule has 38 heavy (non-hydrogen) atoms. The van der Waals surface area contributed by atoms with Gasteiger partial charge < -0.3 is 24.1 Å². The van der Waals surface area contributed by atoms with E-state index >= 15 is 0 Å². The summed E-state index contributed by atoms with van der Waals surface area (Å²) in [6, 6.07) is 11.2. The zero-order chi connectivity index (χ0) is 27.9. The van der Waals surface area contributed by atoms with Crippen molar-refractivity contribution in [3.05, 3.63) is 58.7 Å². The monoisotopic (exact) mass is 524 g/mol. The van der Waals surface area contributed by atoms with Crippen molar-refractivity contribution in [2.75, 3.05) is 14.2 Å². The summed E-state index contributed by atoms with van der Waals surface area (Å²) in [5.74, 6) is -2.38. The maximum Gasteiger partial charge on any atom is 0.324 e. The molecule has 0 bridgehead atoms. The van der Waals surface area contributed by atoms with Gasteiger partial charge in [0.15, 0.2) is 5.92 Å². The first-order valence-electron chi connectivity index (χ1n) is 12.8. The summed E-state index contributed by atoms with van der Waals surface area (Å²) in [6.45, 7) is 7.10. The quantitative estimate of drug-likeness (QED) is 0.460. The molecule has 3 aliphatic rings. The van der Waals surface area contributed by atoms with E-state index in [2.05, 4.69) is 6.92 Å². The molecule has 8 heteroatoms. The summed E-state index contributed by atoms with van der Waals surface area (Å²) in [7, 11) is 3.00. The average molecular weight is 525 g/mol. The minimum atomic E-state index is -1.20. The molecule has 8 nitrogen and oxygen atoms in total. The Bertz CT molecular complexity index is 1240. The van der Waals surface area contributed by atoms with Gasteiger partial charge in [0.2, 0.25) is 0 Å². The van der Waals surface area contributed by atoms with Crippen LogP contribution in [-0.4, -0.2) is 43.0 Å². The van der Waals surface area contributed by atoms with Gasteiger partial charge in [0.25, 0.3) is 5.79 Å². The zero-order valence-corrected chi connectivity index (χ0v) is 22.9. The van der Waals surface area contributed by atoms with Gasteiger partial charge in [0.1, 0.15) is 11.5 Å². The molecule has 5 rings (SSSR count). The Kier molecular flexibility index (Phi) is 7.21. The molecular formula is C30H36O8. The average Bonchev–Trinajstić information content (AvgIpc) is 3.34. The molecule has 1 heterocycles. The van der Waals surface area contributed by atoms with E-state index in [1.54, 1.807) is 33.1 Å². The molecule has 0 unspecified atom stereocenters. The van der Waals surface area contributed by atoms with E-state index in [4.69, 9.17) is 18.9 Å². The Labute approximate surface area is 223 Å². The Morgan fingerprint density at radius 3 is 2.16 bits per heavy atom.